The highest BCUT2D eigenvalue weighted by atomic mass is 19.1. The molecule has 0 N–H and O–H groups in total. The maximum absolute atomic E-state index is 12.6. The average molecular weight is 218 g/mol. The Morgan fingerprint density at radius 3 is 2.69 bits per heavy atom. The van der Waals surface area contributed by atoms with E-state index < -0.39 is 0 Å². The second-order valence-corrected chi connectivity index (χ2v) is 3.48. The Balaban J connectivity index is 1.95. The van der Waals surface area contributed by atoms with Gasteiger partial charge in [0.15, 0.2) is 5.78 Å². The van der Waals surface area contributed by atoms with Crippen molar-refractivity contribution < 1.29 is 9.18 Å². The standard InChI is InChI=1S/C12H11FN2O/c13-11-3-1-10(2-4-11)12(16)5-7-15-8-6-14-9-15/h1-4,6,8-9H,5,7H2. The molecule has 0 amide bonds. The number of nitrogens with zero attached hydrogens (tertiary/aromatic N) is 2. The summed E-state index contributed by atoms with van der Waals surface area (Å²) in [5.74, 6) is -0.320. The molecule has 0 aliphatic heterocycles. The van der Waals surface area contributed by atoms with Gasteiger partial charge < -0.3 is 4.57 Å². The van der Waals surface area contributed by atoms with Gasteiger partial charge >= 0.3 is 0 Å². The van der Waals surface area contributed by atoms with Crippen LogP contribution in [0.5, 0.6) is 0 Å². The largest absolute Gasteiger partial charge is 0.337 e. The van der Waals surface area contributed by atoms with Crippen molar-refractivity contribution in [2.75, 3.05) is 0 Å². The molecule has 0 unspecified atom stereocenters. The van der Waals surface area contributed by atoms with Gasteiger partial charge in [-0.05, 0) is 24.3 Å². The lowest BCUT2D eigenvalue weighted by atomic mass is 10.1. The lowest BCUT2D eigenvalue weighted by Crippen LogP contribution is -2.04. The number of carbonyl (C=O) groups is 1. The van der Waals surface area contributed by atoms with E-state index in [1.807, 2.05) is 4.57 Å². The molecule has 2 rings (SSSR count). The molecule has 2 aromatic rings. The maximum Gasteiger partial charge on any atom is 0.164 e. The van der Waals surface area contributed by atoms with Gasteiger partial charge in [0, 0.05) is 30.9 Å². The van der Waals surface area contributed by atoms with E-state index in [4.69, 9.17) is 0 Å². The number of aryl methyl sites for hydroxylation is 1. The van der Waals surface area contributed by atoms with Gasteiger partial charge in [-0.15, -0.1) is 0 Å². The van der Waals surface area contributed by atoms with Gasteiger partial charge in [-0.3, -0.25) is 4.79 Å². The molecule has 1 aromatic heterocycles. The Morgan fingerprint density at radius 2 is 2.06 bits per heavy atom. The van der Waals surface area contributed by atoms with E-state index in [0.717, 1.165) is 0 Å². The van der Waals surface area contributed by atoms with Crippen molar-refractivity contribution in [3.05, 3.63) is 54.4 Å². The van der Waals surface area contributed by atoms with Crippen LogP contribution in [0.1, 0.15) is 16.8 Å². The van der Waals surface area contributed by atoms with E-state index in [-0.39, 0.29) is 11.6 Å². The maximum atomic E-state index is 12.6. The molecule has 1 aromatic carbocycles. The molecule has 0 bridgehead atoms. The number of imidazole rings is 1. The smallest absolute Gasteiger partial charge is 0.164 e. The van der Waals surface area contributed by atoms with Gasteiger partial charge in [-0.25, -0.2) is 9.37 Å². The summed E-state index contributed by atoms with van der Waals surface area (Å²) in [7, 11) is 0. The SMILES string of the molecule is O=C(CCn1ccnc1)c1ccc(F)cc1. The fourth-order valence-corrected chi connectivity index (χ4v) is 1.43. The van der Waals surface area contributed by atoms with Crippen molar-refractivity contribution in [2.45, 2.75) is 13.0 Å². The van der Waals surface area contributed by atoms with Crippen LogP contribution in [0.2, 0.25) is 0 Å². The van der Waals surface area contributed by atoms with E-state index in [2.05, 4.69) is 4.98 Å². The summed E-state index contributed by atoms with van der Waals surface area (Å²) in [6.07, 6.45) is 5.53. The molecule has 0 fully saturated rings. The first-order valence-electron chi connectivity index (χ1n) is 5.00. The molecule has 0 spiro atoms. The average Bonchev–Trinajstić information content (AvgIpc) is 2.80. The summed E-state index contributed by atoms with van der Waals surface area (Å²) >= 11 is 0. The molecular weight excluding hydrogens is 207 g/mol. The van der Waals surface area contributed by atoms with Gasteiger partial charge in [0.05, 0.1) is 6.33 Å². The van der Waals surface area contributed by atoms with Gasteiger partial charge in [0.25, 0.3) is 0 Å². The van der Waals surface area contributed by atoms with Crippen LogP contribution in [0.15, 0.2) is 43.0 Å². The number of hydrogen-bond acceptors (Lipinski definition) is 2. The van der Waals surface area contributed by atoms with Gasteiger partial charge in [0.2, 0.25) is 0 Å². The third-order valence-corrected chi connectivity index (χ3v) is 2.32. The molecule has 4 heteroatoms. The highest BCUT2D eigenvalue weighted by molar-refractivity contribution is 5.95. The number of benzene rings is 1. The van der Waals surface area contributed by atoms with Crippen LogP contribution < -0.4 is 0 Å². The molecular formula is C12H11FN2O. The number of hydrogen-bond donors (Lipinski definition) is 0. The molecule has 82 valence electrons. The summed E-state index contributed by atoms with van der Waals surface area (Å²) in [6, 6.07) is 5.60. The van der Waals surface area contributed by atoms with Crippen LogP contribution in [0.3, 0.4) is 0 Å². The highest BCUT2D eigenvalue weighted by Crippen LogP contribution is 2.06. The normalized spacial score (nSPS) is 10.3. The summed E-state index contributed by atoms with van der Waals surface area (Å²) in [6.45, 7) is 0.593. The molecule has 0 saturated heterocycles. The second-order valence-electron chi connectivity index (χ2n) is 3.48. The molecule has 0 atom stereocenters. The van der Waals surface area contributed by atoms with E-state index in [0.29, 0.717) is 18.5 Å². The number of carbonyl (C=O) groups excluding carboxylic acids is 1. The lowest BCUT2D eigenvalue weighted by Gasteiger charge is -2.02. The molecule has 0 aliphatic carbocycles. The fourth-order valence-electron chi connectivity index (χ4n) is 1.43. The van der Waals surface area contributed by atoms with E-state index >= 15 is 0 Å². The minimum atomic E-state index is -0.328. The zero-order chi connectivity index (χ0) is 11.4. The van der Waals surface area contributed by atoms with E-state index in [1.54, 1.807) is 18.7 Å². The number of aromatic nitrogens is 2. The molecule has 16 heavy (non-hydrogen) atoms. The summed E-state index contributed by atoms with van der Waals surface area (Å²) in [5.41, 5.74) is 0.543. The van der Waals surface area contributed by atoms with Crippen molar-refractivity contribution in [3.63, 3.8) is 0 Å². The van der Waals surface area contributed by atoms with Crippen molar-refractivity contribution in [3.8, 4) is 0 Å². The second kappa shape index (κ2) is 4.70. The first kappa shape index (κ1) is 10.5. The van der Waals surface area contributed by atoms with E-state index in [1.165, 1.54) is 24.3 Å². The van der Waals surface area contributed by atoms with Crippen LogP contribution in [-0.4, -0.2) is 15.3 Å². The summed E-state index contributed by atoms with van der Waals surface area (Å²) in [4.78, 5) is 15.6. The zero-order valence-electron chi connectivity index (χ0n) is 8.64. The molecule has 0 aliphatic rings. The number of ketones is 1. The van der Waals surface area contributed by atoms with Crippen LogP contribution in [0, 0.1) is 5.82 Å². The highest BCUT2D eigenvalue weighted by Gasteiger charge is 2.05. The Kier molecular flexibility index (Phi) is 3.10. The lowest BCUT2D eigenvalue weighted by molar-refractivity contribution is 0.0977. The van der Waals surface area contributed by atoms with E-state index in [9.17, 15) is 9.18 Å². The molecule has 0 saturated carbocycles. The number of halogens is 1. The Bertz CT molecular complexity index is 462. The summed E-state index contributed by atoms with van der Waals surface area (Å²) in [5, 5.41) is 0. The predicted octanol–water partition coefficient (Wildman–Crippen LogP) is 2.30. The number of Topliss-reactive ketones (excluding diaryl/α,β-unsaturated/α-hetero) is 1. The third kappa shape index (κ3) is 2.53. The third-order valence-electron chi connectivity index (χ3n) is 2.32. The zero-order valence-corrected chi connectivity index (χ0v) is 8.64. The van der Waals surface area contributed by atoms with Crippen LogP contribution in [0.4, 0.5) is 4.39 Å². The fraction of sp³-hybridized carbons (Fsp3) is 0.167. The first-order chi connectivity index (χ1) is 7.75. The van der Waals surface area contributed by atoms with Crippen LogP contribution in [0.25, 0.3) is 0 Å². The molecule has 0 radical (unpaired) electrons. The molecule has 1 heterocycles. The van der Waals surface area contributed by atoms with Crippen molar-refractivity contribution in [1.29, 1.82) is 0 Å². The quantitative estimate of drug-likeness (QED) is 0.738. The van der Waals surface area contributed by atoms with Crippen molar-refractivity contribution in [1.82, 2.24) is 9.55 Å². The van der Waals surface area contributed by atoms with Gasteiger partial charge in [0.1, 0.15) is 5.82 Å². The first-order valence-corrected chi connectivity index (χ1v) is 5.00. The minimum absolute atomic E-state index is 0.00806. The number of rotatable bonds is 4. The van der Waals surface area contributed by atoms with Crippen molar-refractivity contribution >= 4 is 5.78 Å². The Morgan fingerprint density at radius 1 is 1.31 bits per heavy atom. The topological polar surface area (TPSA) is 34.9 Å². The molecule has 3 nitrogen and oxygen atoms in total. The van der Waals surface area contributed by atoms with Crippen molar-refractivity contribution in [2.24, 2.45) is 0 Å². The summed E-state index contributed by atoms with van der Waals surface area (Å²) < 4.78 is 14.5. The van der Waals surface area contributed by atoms with Gasteiger partial charge in [-0.2, -0.15) is 0 Å². The predicted molar refractivity (Wildman–Crippen MR) is 57.6 cm³/mol. The Hall–Kier alpha value is -1.97. The van der Waals surface area contributed by atoms with Gasteiger partial charge in [-0.1, -0.05) is 0 Å². The minimum Gasteiger partial charge on any atom is -0.337 e. The Labute approximate surface area is 92.5 Å². The van der Waals surface area contributed by atoms with Crippen LogP contribution in [-0.2, 0) is 6.54 Å². The monoisotopic (exact) mass is 218 g/mol. The van der Waals surface area contributed by atoms with Crippen LogP contribution >= 0.6 is 0 Å².